The molecule has 0 aromatic heterocycles. The second-order valence-electron chi connectivity index (χ2n) is 5.11. The van der Waals surface area contributed by atoms with Crippen molar-refractivity contribution >= 4 is 10.7 Å². The van der Waals surface area contributed by atoms with Crippen LogP contribution in [-0.4, -0.2) is 0 Å². The Labute approximate surface area is 140 Å². The first kappa shape index (κ1) is 15.4. The highest BCUT2D eigenvalue weighted by Gasteiger charge is 2.10. The van der Waals surface area contributed by atoms with Crippen LogP contribution in [0, 0.1) is 0 Å². The summed E-state index contributed by atoms with van der Waals surface area (Å²) in [5, 5.41) is 0. The average molecular weight is 317 g/mol. The normalized spacial score (nSPS) is 11.9. The fourth-order valence-corrected chi connectivity index (χ4v) is 4.14. The average Bonchev–Trinajstić information content (AvgIpc) is 2.65. The monoisotopic (exact) mass is 317 g/mol. The first-order chi connectivity index (χ1) is 11.4. The Morgan fingerprint density at radius 3 is 1.57 bits per heavy atom. The van der Waals surface area contributed by atoms with Crippen LogP contribution in [0.2, 0.25) is 0 Å². The van der Waals surface area contributed by atoms with Gasteiger partial charge in [-0.3, -0.25) is 0 Å². The van der Waals surface area contributed by atoms with Gasteiger partial charge in [0.1, 0.15) is 6.04 Å². The lowest BCUT2D eigenvalue weighted by molar-refractivity contribution is 0.929. The molecular formula is C21H19NS. The Morgan fingerprint density at radius 2 is 1.13 bits per heavy atom. The second kappa shape index (κ2) is 7.70. The van der Waals surface area contributed by atoms with Crippen molar-refractivity contribution < 1.29 is 0 Å². The Bertz CT molecular complexity index is 738. The van der Waals surface area contributed by atoms with Crippen LogP contribution in [0.3, 0.4) is 0 Å². The van der Waals surface area contributed by atoms with Gasteiger partial charge in [-0.05, 0) is 40.5 Å². The van der Waals surface area contributed by atoms with Gasteiger partial charge >= 0.3 is 0 Å². The van der Waals surface area contributed by atoms with Crippen LogP contribution in [0.25, 0.3) is 0 Å². The van der Waals surface area contributed by atoms with Crippen molar-refractivity contribution in [3.05, 3.63) is 109 Å². The standard InChI is InChI=1S/C21H19NS/c1-2-21(18-12-6-3-7-13-18)22-23(19-14-8-4-9-15-19)20-16-10-5-11-17-20/h2-17,21H,1H2. The molecule has 0 radical (unpaired) electrons. The van der Waals surface area contributed by atoms with Crippen LogP contribution < -0.4 is 0 Å². The van der Waals surface area contributed by atoms with Gasteiger partial charge in [-0.15, -0.1) is 6.58 Å². The first-order valence-electron chi connectivity index (χ1n) is 7.61. The number of benzene rings is 3. The summed E-state index contributed by atoms with van der Waals surface area (Å²) in [5.74, 6) is 0. The fraction of sp³-hybridized carbons (Fsp3) is 0.0476. The van der Waals surface area contributed by atoms with E-state index in [0.717, 1.165) is 0 Å². The molecule has 0 heterocycles. The Kier molecular flexibility index (Phi) is 5.17. The van der Waals surface area contributed by atoms with Gasteiger partial charge in [0, 0.05) is 9.79 Å². The predicted octanol–water partition coefficient (Wildman–Crippen LogP) is 5.83. The van der Waals surface area contributed by atoms with E-state index in [0.29, 0.717) is 0 Å². The van der Waals surface area contributed by atoms with E-state index < -0.39 is 0 Å². The molecule has 0 aliphatic heterocycles. The Hall–Kier alpha value is -2.45. The van der Waals surface area contributed by atoms with Crippen LogP contribution in [0.1, 0.15) is 11.6 Å². The molecule has 3 rings (SSSR count). The van der Waals surface area contributed by atoms with E-state index in [1.807, 2.05) is 36.4 Å². The zero-order chi connectivity index (χ0) is 15.9. The minimum Gasteiger partial charge on any atom is -0.243 e. The molecule has 0 aliphatic rings. The summed E-state index contributed by atoms with van der Waals surface area (Å²) in [4.78, 5) is 2.45. The Morgan fingerprint density at radius 1 is 0.696 bits per heavy atom. The van der Waals surface area contributed by atoms with Gasteiger partial charge in [0.25, 0.3) is 0 Å². The zero-order valence-corrected chi connectivity index (χ0v) is 13.7. The van der Waals surface area contributed by atoms with E-state index in [1.165, 1.54) is 15.4 Å². The summed E-state index contributed by atoms with van der Waals surface area (Å²) in [5.41, 5.74) is 1.17. The molecule has 1 atom stereocenters. The van der Waals surface area contributed by atoms with Gasteiger partial charge in [-0.25, -0.2) is 4.36 Å². The third kappa shape index (κ3) is 3.85. The van der Waals surface area contributed by atoms with Crippen molar-refractivity contribution in [1.29, 1.82) is 0 Å². The smallest absolute Gasteiger partial charge is 0.100 e. The molecule has 3 aromatic rings. The molecule has 3 aromatic carbocycles. The molecule has 23 heavy (non-hydrogen) atoms. The highest BCUT2D eigenvalue weighted by atomic mass is 32.2. The van der Waals surface area contributed by atoms with Crippen molar-refractivity contribution in [2.75, 3.05) is 0 Å². The van der Waals surface area contributed by atoms with Crippen LogP contribution in [0.15, 0.2) is 118 Å². The Balaban J connectivity index is 2.09. The minimum atomic E-state index is -0.328. The quantitative estimate of drug-likeness (QED) is 0.525. The third-order valence-corrected chi connectivity index (χ3v) is 5.39. The molecule has 0 fully saturated rings. The van der Waals surface area contributed by atoms with E-state index >= 15 is 0 Å². The molecule has 0 aliphatic carbocycles. The van der Waals surface area contributed by atoms with Gasteiger partial charge < -0.3 is 0 Å². The van der Waals surface area contributed by atoms with Crippen molar-refractivity contribution in [3.63, 3.8) is 0 Å². The molecule has 1 nitrogen and oxygen atoms in total. The molecule has 0 saturated heterocycles. The van der Waals surface area contributed by atoms with E-state index in [9.17, 15) is 0 Å². The molecule has 0 amide bonds. The number of nitrogens with zero attached hydrogens (tertiary/aromatic N) is 1. The fourth-order valence-electron chi connectivity index (χ4n) is 2.36. The summed E-state index contributed by atoms with van der Waals surface area (Å²) >= 11 is 0. The largest absolute Gasteiger partial charge is 0.243 e. The lowest BCUT2D eigenvalue weighted by atomic mass is 10.1. The molecule has 0 saturated carbocycles. The second-order valence-corrected chi connectivity index (χ2v) is 6.83. The lowest BCUT2D eigenvalue weighted by Gasteiger charge is -2.14. The van der Waals surface area contributed by atoms with Gasteiger partial charge in [0.05, 0.1) is 0 Å². The highest BCUT2D eigenvalue weighted by molar-refractivity contribution is 7.87. The van der Waals surface area contributed by atoms with Gasteiger partial charge in [0.2, 0.25) is 0 Å². The summed E-state index contributed by atoms with van der Waals surface area (Å²) in [6.07, 6.45) is 1.92. The summed E-state index contributed by atoms with van der Waals surface area (Å²) in [6, 6.07) is 31.2. The SMILES string of the molecule is C=CC(N=S(c1ccccc1)c1ccccc1)c1ccccc1. The van der Waals surface area contributed by atoms with Crippen molar-refractivity contribution in [2.45, 2.75) is 15.8 Å². The molecule has 1 unspecified atom stereocenters. The molecule has 0 N–H and O–H groups in total. The van der Waals surface area contributed by atoms with Gasteiger partial charge in [-0.1, -0.05) is 72.8 Å². The van der Waals surface area contributed by atoms with Crippen molar-refractivity contribution in [2.24, 2.45) is 4.36 Å². The summed E-state index contributed by atoms with van der Waals surface area (Å²) in [7, 11) is -0.328. The maximum absolute atomic E-state index is 5.12. The maximum Gasteiger partial charge on any atom is 0.100 e. The molecule has 2 heteroatoms. The topological polar surface area (TPSA) is 12.4 Å². The number of hydrogen-bond acceptors (Lipinski definition) is 1. The summed E-state index contributed by atoms with van der Waals surface area (Å²) in [6.45, 7) is 3.99. The first-order valence-corrected chi connectivity index (χ1v) is 8.79. The third-order valence-electron chi connectivity index (χ3n) is 3.52. The highest BCUT2D eigenvalue weighted by Crippen LogP contribution is 2.25. The van der Waals surface area contributed by atoms with Gasteiger partial charge in [0.15, 0.2) is 0 Å². The van der Waals surface area contributed by atoms with Crippen LogP contribution >= 0.6 is 0 Å². The van der Waals surface area contributed by atoms with Crippen molar-refractivity contribution in [1.82, 2.24) is 0 Å². The van der Waals surface area contributed by atoms with E-state index in [4.69, 9.17) is 4.36 Å². The number of rotatable bonds is 5. The van der Waals surface area contributed by atoms with Crippen LogP contribution in [-0.2, 0) is 10.7 Å². The molecule has 114 valence electrons. The van der Waals surface area contributed by atoms with Crippen LogP contribution in [0.4, 0.5) is 0 Å². The maximum atomic E-state index is 5.12. The summed E-state index contributed by atoms with van der Waals surface area (Å²) < 4.78 is 5.12. The van der Waals surface area contributed by atoms with E-state index in [1.54, 1.807) is 0 Å². The molecule has 0 spiro atoms. The van der Waals surface area contributed by atoms with Crippen molar-refractivity contribution in [3.8, 4) is 0 Å². The van der Waals surface area contributed by atoms with E-state index in [-0.39, 0.29) is 16.7 Å². The van der Waals surface area contributed by atoms with Crippen LogP contribution in [0.5, 0.6) is 0 Å². The van der Waals surface area contributed by atoms with E-state index in [2.05, 4.69) is 67.2 Å². The number of hydrogen-bond donors (Lipinski definition) is 0. The lowest BCUT2D eigenvalue weighted by Crippen LogP contribution is -1.98. The predicted molar refractivity (Wildman–Crippen MR) is 98.6 cm³/mol. The minimum absolute atomic E-state index is 0.0139. The molecule has 0 bridgehead atoms. The zero-order valence-electron chi connectivity index (χ0n) is 12.9. The molecular weight excluding hydrogens is 298 g/mol. The van der Waals surface area contributed by atoms with Gasteiger partial charge in [-0.2, -0.15) is 0 Å².